The molecule has 0 radical (unpaired) electrons. The maximum absolute atomic E-state index is 16.2. The average Bonchev–Trinajstić information content (AvgIpc) is 3.40. The predicted molar refractivity (Wildman–Crippen MR) is 271 cm³/mol. The Kier molecular flexibility index (Phi) is 22.7. The highest BCUT2D eigenvalue weighted by atomic mass is 32.2. The summed E-state index contributed by atoms with van der Waals surface area (Å²) in [4.78, 5) is 1.81. The van der Waals surface area contributed by atoms with Crippen LogP contribution in [0.3, 0.4) is 0 Å². The lowest BCUT2D eigenvalue weighted by Crippen LogP contribution is -2.12. The summed E-state index contributed by atoms with van der Waals surface area (Å²) in [6.07, 6.45) is -1.46. The lowest BCUT2D eigenvalue weighted by Gasteiger charge is -2.18. The molecule has 6 aromatic carbocycles. The van der Waals surface area contributed by atoms with Gasteiger partial charge in [0, 0.05) is 105 Å². The van der Waals surface area contributed by atoms with E-state index in [9.17, 15) is 0 Å². The summed E-state index contributed by atoms with van der Waals surface area (Å²) in [6, 6.07) is 15.4. The van der Waals surface area contributed by atoms with Gasteiger partial charge in [0.2, 0.25) is 34.8 Å². The van der Waals surface area contributed by atoms with Crippen molar-refractivity contribution < 1.29 is 80.3 Å². The minimum Gasteiger partial charge on any atom is -0.450 e. The van der Waals surface area contributed by atoms with Crippen molar-refractivity contribution in [3.8, 4) is 34.1 Å². The molecule has 0 saturated carbocycles. The molecule has 6 aromatic rings. The van der Waals surface area contributed by atoms with E-state index in [0.717, 1.165) is 48.2 Å². The fourth-order valence-corrected chi connectivity index (χ4v) is 9.38. The molecule has 0 aliphatic heterocycles. The molecule has 0 heterocycles. The quantitative estimate of drug-likeness (QED) is 0.0253. The second-order valence-electron chi connectivity index (χ2n) is 16.3. The largest absolute Gasteiger partial charge is 0.450 e. The standard InChI is InChI=1S/C52H54F8O10S4/c1-9-61-23-27(5)67-71-33-13-15-37-31(17-33)19-35(73-69-29(7)25-63-11-3)21-39(37)65-51-47(57)43(53)41(44(54)48(51)58)42-45(55)49(59)52(50(60)46(42)56)66-40-22-36(74-70-30(8)26-64-12-4)20-32-18-34(14-16-38(32)40)72-68-28(6)24-62-10-2/h13-22,27-30H,9-12,23-26H2,1-8H3. The predicted octanol–water partition coefficient (Wildman–Crippen LogP) is 16.2. The number of benzene rings is 6. The number of halogens is 8. The van der Waals surface area contributed by atoms with Crippen LogP contribution in [0.4, 0.5) is 35.1 Å². The van der Waals surface area contributed by atoms with Crippen molar-refractivity contribution in [3.63, 3.8) is 0 Å². The van der Waals surface area contributed by atoms with Crippen molar-refractivity contribution in [2.75, 3.05) is 52.9 Å². The second kappa shape index (κ2) is 28.4. The van der Waals surface area contributed by atoms with Gasteiger partial charge in [-0.25, -0.2) is 17.6 Å². The van der Waals surface area contributed by atoms with E-state index in [-0.39, 0.29) is 47.7 Å². The van der Waals surface area contributed by atoms with Gasteiger partial charge in [0.1, 0.15) is 11.5 Å². The van der Waals surface area contributed by atoms with Gasteiger partial charge in [-0.05, 0) is 127 Å². The highest BCUT2D eigenvalue weighted by Crippen LogP contribution is 2.46. The van der Waals surface area contributed by atoms with E-state index in [1.807, 2.05) is 27.7 Å². The van der Waals surface area contributed by atoms with Crippen LogP contribution in [0, 0.1) is 46.5 Å². The minimum atomic E-state index is -2.43. The maximum Gasteiger partial charge on any atom is 0.205 e. The van der Waals surface area contributed by atoms with Gasteiger partial charge in [-0.3, -0.25) is 0 Å². The number of ether oxygens (including phenoxy) is 6. The molecule has 22 heteroatoms. The normalized spacial score (nSPS) is 13.5. The zero-order chi connectivity index (χ0) is 53.6. The minimum absolute atomic E-state index is 0.195. The Labute approximate surface area is 441 Å². The van der Waals surface area contributed by atoms with E-state index in [4.69, 9.17) is 45.2 Å². The number of hydrogen-bond donors (Lipinski definition) is 0. The third-order valence-electron chi connectivity index (χ3n) is 10.3. The number of rotatable bonds is 29. The van der Waals surface area contributed by atoms with Gasteiger partial charge in [0.05, 0.1) is 62.0 Å². The van der Waals surface area contributed by atoms with Crippen LogP contribution in [-0.4, -0.2) is 77.3 Å². The van der Waals surface area contributed by atoms with Crippen molar-refractivity contribution in [2.24, 2.45) is 0 Å². The summed E-state index contributed by atoms with van der Waals surface area (Å²) in [7, 11) is 0. The van der Waals surface area contributed by atoms with Crippen LogP contribution in [0.25, 0.3) is 32.7 Å². The molecule has 0 fully saturated rings. The Morgan fingerprint density at radius 3 is 0.919 bits per heavy atom. The third-order valence-corrected chi connectivity index (χ3v) is 13.7. The lowest BCUT2D eigenvalue weighted by molar-refractivity contribution is 0.0763. The fourth-order valence-electron chi connectivity index (χ4n) is 6.80. The fraction of sp³-hybridized carbons (Fsp3) is 0.385. The molecule has 4 atom stereocenters. The monoisotopic (exact) mass is 1120 g/mol. The topological polar surface area (TPSA) is 92.3 Å². The Bertz CT molecular complexity index is 2610. The molecule has 0 bridgehead atoms. The van der Waals surface area contributed by atoms with Gasteiger partial charge in [0.15, 0.2) is 23.3 Å². The molecule has 0 aliphatic rings. The van der Waals surface area contributed by atoms with E-state index in [1.165, 1.54) is 24.3 Å². The molecular formula is C52H54F8O10S4. The first kappa shape index (κ1) is 59.2. The molecule has 6 rings (SSSR count). The first-order chi connectivity index (χ1) is 35.5. The van der Waals surface area contributed by atoms with Gasteiger partial charge in [-0.15, -0.1) is 0 Å². The van der Waals surface area contributed by atoms with Gasteiger partial charge >= 0.3 is 0 Å². The molecule has 4 unspecified atom stereocenters. The summed E-state index contributed by atoms with van der Waals surface area (Å²) in [5.74, 6) is -22.8. The van der Waals surface area contributed by atoms with E-state index in [1.54, 1.807) is 64.1 Å². The van der Waals surface area contributed by atoms with Crippen molar-refractivity contribution >= 4 is 69.7 Å². The van der Waals surface area contributed by atoms with Crippen LogP contribution in [-0.2, 0) is 35.7 Å². The molecule has 0 saturated heterocycles. The molecule has 0 aliphatic carbocycles. The summed E-state index contributed by atoms with van der Waals surface area (Å²) in [5.41, 5.74) is -4.19. The zero-order valence-corrected chi connectivity index (χ0v) is 44.7. The highest BCUT2D eigenvalue weighted by molar-refractivity contribution is 7.95. The van der Waals surface area contributed by atoms with Crippen molar-refractivity contribution in [3.05, 3.63) is 107 Å². The van der Waals surface area contributed by atoms with E-state index < -0.39 is 81.4 Å². The number of fused-ring (bicyclic) bond motifs is 2. The van der Waals surface area contributed by atoms with Crippen LogP contribution in [0.15, 0.2) is 80.2 Å². The second-order valence-corrected chi connectivity index (χ2v) is 19.7. The molecule has 74 heavy (non-hydrogen) atoms. The molecular weight excluding hydrogens is 1060 g/mol. The molecule has 10 nitrogen and oxygen atoms in total. The van der Waals surface area contributed by atoms with Crippen LogP contribution < -0.4 is 9.47 Å². The third kappa shape index (κ3) is 15.1. The molecule has 0 amide bonds. The molecule has 402 valence electrons. The average molecular weight is 1120 g/mol. The number of hydrogen-bond acceptors (Lipinski definition) is 14. The molecule has 0 aromatic heterocycles. The maximum atomic E-state index is 16.2. The first-order valence-corrected chi connectivity index (χ1v) is 26.3. The Morgan fingerprint density at radius 1 is 0.365 bits per heavy atom. The van der Waals surface area contributed by atoms with Gasteiger partial charge in [-0.1, -0.05) is 0 Å². The molecule has 0 spiro atoms. The summed E-state index contributed by atoms with van der Waals surface area (Å²) in [5, 5.41) is 1.20. The van der Waals surface area contributed by atoms with E-state index >= 15 is 35.1 Å². The van der Waals surface area contributed by atoms with Crippen LogP contribution in [0.1, 0.15) is 55.4 Å². The lowest BCUT2D eigenvalue weighted by atomic mass is 10.0. The summed E-state index contributed by atoms with van der Waals surface area (Å²) < 4.78 is 185. The summed E-state index contributed by atoms with van der Waals surface area (Å²) in [6.45, 7) is 17.3. The van der Waals surface area contributed by atoms with Crippen LogP contribution in [0.5, 0.6) is 23.0 Å². The van der Waals surface area contributed by atoms with Gasteiger partial charge < -0.3 is 45.2 Å². The first-order valence-electron chi connectivity index (χ1n) is 23.4. The van der Waals surface area contributed by atoms with Crippen LogP contribution >= 0.6 is 48.2 Å². The van der Waals surface area contributed by atoms with Gasteiger partial charge in [-0.2, -0.15) is 17.6 Å². The van der Waals surface area contributed by atoms with Crippen molar-refractivity contribution in [1.82, 2.24) is 0 Å². The van der Waals surface area contributed by atoms with E-state index in [0.29, 0.717) is 70.0 Å². The van der Waals surface area contributed by atoms with Crippen LogP contribution in [0.2, 0.25) is 0 Å². The molecule has 0 N–H and O–H groups in total. The van der Waals surface area contributed by atoms with Gasteiger partial charge in [0.25, 0.3) is 0 Å². The summed E-state index contributed by atoms with van der Waals surface area (Å²) >= 11 is 3.75. The highest BCUT2D eigenvalue weighted by Gasteiger charge is 2.36. The Balaban J connectivity index is 1.37. The smallest absolute Gasteiger partial charge is 0.205 e. The Morgan fingerprint density at radius 2 is 0.635 bits per heavy atom. The zero-order valence-electron chi connectivity index (χ0n) is 41.5. The van der Waals surface area contributed by atoms with Crippen molar-refractivity contribution in [2.45, 2.75) is 99.4 Å². The van der Waals surface area contributed by atoms with E-state index in [2.05, 4.69) is 0 Å². The Hall–Kier alpha value is -4.04. The SMILES string of the molecule is CCOCC(C)OSc1ccc2c(Oc3c(F)c(F)c(-c4c(F)c(F)c(Oc5cc(SOC(C)COCC)cc6cc(SOC(C)COCC)ccc56)c(F)c4F)c(F)c3F)cc(SOC(C)COCC)cc2c1. The van der Waals surface area contributed by atoms with Crippen molar-refractivity contribution in [1.29, 1.82) is 0 Å².